The van der Waals surface area contributed by atoms with Crippen molar-refractivity contribution in [1.82, 2.24) is 14.7 Å². The Labute approximate surface area is 174 Å². The van der Waals surface area contributed by atoms with Gasteiger partial charge in [0.05, 0.1) is 17.9 Å². The molecule has 0 spiro atoms. The largest absolute Gasteiger partial charge is 0.486 e. The van der Waals surface area contributed by atoms with Crippen LogP contribution in [0.5, 0.6) is 11.5 Å². The minimum Gasteiger partial charge on any atom is -0.486 e. The molecule has 2 aromatic carbocycles. The van der Waals surface area contributed by atoms with Crippen molar-refractivity contribution in [3.8, 4) is 17.2 Å². The maximum atomic E-state index is 13.2. The summed E-state index contributed by atoms with van der Waals surface area (Å²) in [5, 5.41) is 7.28. The molecule has 0 atom stereocenters. The lowest BCUT2D eigenvalue weighted by atomic mass is 10.2. The number of hydrogen-bond donors (Lipinski definition) is 1. The third-order valence-corrected chi connectivity index (χ3v) is 4.64. The number of likely N-dealkylation sites (N-methyl/N-ethyl adjacent to an activating group) is 1. The molecule has 2 heterocycles. The van der Waals surface area contributed by atoms with Crippen molar-refractivity contribution in [3.05, 3.63) is 65.6 Å². The molecule has 0 aliphatic carbocycles. The minimum atomic E-state index is -0.325. The third-order valence-electron chi connectivity index (χ3n) is 4.64. The fraction of sp³-hybridized carbons (Fsp3) is 0.273. The number of anilines is 1. The number of halogens is 1. The van der Waals surface area contributed by atoms with E-state index in [1.54, 1.807) is 22.9 Å². The van der Waals surface area contributed by atoms with Crippen LogP contribution in [0, 0.1) is 12.7 Å². The summed E-state index contributed by atoms with van der Waals surface area (Å²) in [6.45, 7) is 3.71. The van der Waals surface area contributed by atoms with E-state index < -0.39 is 0 Å². The highest BCUT2D eigenvalue weighted by atomic mass is 19.1. The molecule has 4 rings (SSSR count). The number of rotatable bonds is 6. The Balaban J connectivity index is 1.39. The monoisotopic (exact) mass is 410 g/mol. The van der Waals surface area contributed by atoms with E-state index in [9.17, 15) is 9.18 Å². The lowest BCUT2D eigenvalue weighted by Crippen LogP contribution is -2.30. The van der Waals surface area contributed by atoms with E-state index >= 15 is 0 Å². The maximum absolute atomic E-state index is 13.2. The Morgan fingerprint density at radius 3 is 2.63 bits per heavy atom. The van der Waals surface area contributed by atoms with Crippen molar-refractivity contribution in [1.29, 1.82) is 0 Å². The Morgan fingerprint density at radius 2 is 1.87 bits per heavy atom. The summed E-state index contributed by atoms with van der Waals surface area (Å²) in [6, 6.07) is 13.5. The zero-order chi connectivity index (χ0) is 21.1. The van der Waals surface area contributed by atoms with E-state index in [2.05, 4.69) is 10.4 Å². The highest BCUT2D eigenvalue weighted by Crippen LogP contribution is 2.31. The molecule has 0 bridgehead atoms. The SMILES string of the molecule is Cc1cc(NC(=O)CN(C)Cc2ccc3c(c2)OCCO3)n(-c2ccc(F)cc2)n1. The van der Waals surface area contributed by atoms with Crippen LogP contribution in [0.25, 0.3) is 5.69 Å². The van der Waals surface area contributed by atoms with Crippen LogP contribution in [0.15, 0.2) is 48.5 Å². The summed E-state index contributed by atoms with van der Waals surface area (Å²) in [6.07, 6.45) is 0. The zero-order valence-corrected chi connectivity index (χ0v) is 16.9. The summed E-state index contributed by atoms with van der Waals surface area (Å²) in [7, 11) is 1.87. The van der Waals surface area contributed by atoms with Crippen molar-refractivity contribution in [2.45, 2.75) is 13.5 Å². The summed E-state index contributed by atoms with van der Waals surface area (Å²) in [5.74, 6) is 1.52. The topological polar surface area (TPSA) is 68.6 Å². The number of amides is 1. The van der Waals surface area contributed by atoms with Crippen molar-refractivity contribution >= 4 is 11.7 Å². The van der Waals surface area contributed by atoms with Gasteiger partial charge < -0.3 is 14.8 Å². The van der Waals surface area contributed by atoms with Crippen LogP contribution in [0.4, 0.5) is 10.2 Å². The van der Waals surface area contributed by atoms with Crippen LogP contribution in [0.1, 0.15) is 11.3 Å². The van der Waals surface area contributed by atoms with Gasteiger partial charge in [-0.3, -0.25) is 9.69 Å². The fourth-order valence-corrected chi connectivity index (χ4v) is 3.35. The number of aromatic nitrogens is 2. The van der Waals surface area contributed by atoms with E-state index in [1.165, 1.54) is 12.1 Å². The number of carbonyl (C=O) groups excluding carboxylic acids is 1. The van der Waals surface area contributed by atoms with Crippen LogP contribution in [-0.4, -0.2) is 47.4 Å². The van der Waals surface area contributed by atoms with Gasteiger partial charge in [-0.05, 0) is 55.9 Å². The first-order chi connectivity index (χ1) is 14.5. The summed E-state index contributed by atoms with van der Waals surface area (Å²) in [4.78, 5) is 14.5. The molecule has 0 saturated heterocycles. The average Bonchev–Trinajstić information content (AvgIpc) is 3.08. The molecule has 30 heavy (non-hydrogen) atoms. The molecule has 7 nitrogen and oxygen atoms in total. The molecule has 0 fully saturated rings. The first-order valence-electron chi connectivity index (χ1n) is 9.67. The van der Waals surface area contributed by atoms with Gasteiger partial charge in [-0.25, -0.2) is 9.07 Å². The normalized spacial score (nSPS) is 12.8. The fourth-order valence-electron chi connectivity index (χ4n) is 3.35. The number of carbonyl (C=O) groups is 1. The van der Waals surface area contributed by atoms with Crippen molar-refractivity contribution in [2.24, 2.45) is 0 Å². The second kappa shape index (κ2) is 8.54. The van der Waals surface area contributed by atoms with Crippen molar-refractivity contribution in [2.75, 3.05) is 32.1 Å². The second-order valence-corrected chi connectivity index (χ2v) is 7.26. The minimum absolute atomic E-state index is 0.168. The number of benzene rings is 2. The molecular weight excluding hydrogens is 387 g/mol. The quantitative estimate of drug-likeness (QED) is 0.676. The Hall–Kier alpha value is -3.39. The first-order valence-corrected chi connectivity index (χ1v) is 9.67. The van der Waals surface area contributed by atoms with Crippen LogP contribution >= 0.6 is 0 Å². The van der Waals surface area contributed by atoms with E-state index in [0.717, 1.165) is 22.8 Å². The first kappa shape index (κ1) is 19.9. The van der Waals surface area contributed by atoms with E-state index in [0.29, 0.717) is 31.3 Å². The predicted octanol–water partition coefficient (Wildman–Crippen LogP) is 3.16. The van der Waals surface area contributed by atoms with Crippen LogP contribution < -0.4 is 14.8 Å². The second-order valence-electron chi connectivity index (χ2n) is 7.26. The molecule has 1 aliphatic rings. The number of nitrogens with one attached hydrogen (secondary N) is 1. The van der Waals surface area contributed by atoms with E-state index in [-0.39, 0.29) is 18.3 Å². The molecule has 156 valence electrons. The van der Waals surface area contributed by atoms with Gasteiger partial charge in [-0.2, -0.15) is 5.10 Å². The van der Waals surface area contributed by atoms with Gasteiger partial charge in [0.15, 0.2) is 11.5 Å². The van der Waals surface area contributed by atoms with Gasteiger partial charge in [-0.1, -0.05) is 6.07 Å². The summed E-state index contributed by atoms with van der Waals surface area (Å²) < 4.78 is 26.0. The molecule has 0 radical (unpaired) electrons. The predicted molar refractivity (Wildman–Crippen MR) is 111 cm³/mol. The number of fused-ring (bicyclic) bond motifs is 1. The third kappa shape index (κ3) is 4.60. The Bertz CT molecular complexity index is 1050. The van der Waals surface area contributed by atoms with Gasteiger partial charge in [-0.15, -0.1) is 0 Å². The van der Waals surface area contributed by atoms with E-state index in [4.69, 9.17) is 9.47 Å². The molecule has 1 aliphatic heterocycles. The van der Waals surface area contributed by atoms with Crippen LogP contribution in [0.3, 0.4) is 0 Å². The van der Waals surface area contributed by atoms with Crippen LogP contribution in [-0.2, 0) is 11.3 Å². The highest BCUT2D eigenvalue weighted by Gasteiger charge is 2.15. The molecule has 1 N–H and O–H groups in total. The molecular formula is C22H23FN4O3. The Kier molecular flexibility index (Phi) is 5.67. The lowest BCUT2D eigenvalue weighted by molar-refractivity contribution is -0.117. The van der Waals surface area contributed by atoms with Gasteiger partial charge in [0.2, 0.25) is 5.91 Å². The van der Waals surface area contributed by atoms with Crippen molar-refractivity contribution < 1.29 is 18.7 Å². The van der Waals surface area contributed by atoms with E-state index in [1.807, 2.05) is 37.1 Å². The molecule has 3 aromatic rings. The van der Waals surface area contributed by atoms with Crippen LogP contribution in [0.2, 0.25) is 0 Å². The standard InChI is InChI=1S/C22H23FN4O3/c1-15-11-21(27(25-15)18-6-4-17(23)5-7-18)24-22(28)14-26(2)13-16-3-8-19-20(12-16)30-10-9-29-19/h3-8,11-12H,9-10,13-14H2,1-2H3,(H,24,28). The molecule has 8 heteroatoms. The van der Waals surface area contributed by atoms with Gasteiger partial charge in [0.1, 0.15) is 24.8 Å². The number of nitrogens with zero attached hydrogens (tertiary/aromatic N) is 3. The number of hydrogen-bond acceptors (Lipinski definition) is 5. The molecule has 1 aromatic heterocycles. The van der Waals surface area contributed by atoms with Gasteiger partial charge in [0, 0.05) is 12.6 Å². The number of aryl methyl sites for hydroxylation is 1. The lowest BCUT2D eigenvalue weighted by Gasteiger charge is -2.21. The molecule has 0 saturated carbocycles. The summed E-state index contributed by atoms with van der Waals surface area (Å²) >= 11 is 0. The average molecular weight is 410 g/mol. The zero-order valence-electron chi connectivity index (χ0n) is 16.9. The molecule has 0 unspecified atom stereocenters. The highest BCUT2D eigenvalue weighted by molar-refractivity contribution is 5.91. The van der Waals surface area contributed by atoms with Crippen molar-refractivity contribution in [3.63, 3.8) is 0 Å². The Morgan fingerprint density at radius 1 is 1.13 bits per heavy atom. The van der Waals surface area contributed by atoms with Gasteiger partial charge in [0.25, 0.3) is 0 Å². The smallest absolute Gasteiger partial charge is 0.239 e. The molecule has 1 amide bonds. The summed E-state index contributed by atoms with van der Waals surface area (Å²) in [5.41, 5.74) is 2.45. The van der Waals surface area contributed by atoms with Gasteiger partial charge >= 0.3 is 0 Å². The maximum Gasteiger partial charge on any atom is 0.239 e. The number of ether oxygens (including phenoxy) is 2.